The van der Waals surface area contributed by atoms with Crippen molar-refractivity contribution in [1.29, 1.82) is 0 Å². The third kappa shape index (κ3) is 3.00. The van der Waals surface area contributed by atoms with Crippen molar-refractivity contribution in [3.05, 3.63) is 41.5 Å². The fourth-order valence-corrected chi connectivity index (χ4v) is 1.43. The second-order valence-electron chi connectivity index (χ2n) is 3.57. The summed E-state index contributed by atoms with van der Waals surface area (Å²) >= 11 is 0. The van der Waals surface area contributed by atoms with Gasteiger partial charge in [0.15, 0.2) is 0 Å². The quantitative estimate of drug-likeness (QED) is 0.702. The molecule has 0 heterocycles. The topological polar surface area (TPSA) is 12.0 Å². The number of benzene rings is 1. The highest BCUT2D eigenvalue weighted by Crippen LogP contribution is 2.12. The zero-order chi connectivity index (χ0) is 10.4. The van der Waals surface area contributed by atoms with Crippen molar-refractivity contribution >= 4 is 6.08 Å². The molecule has 0 radical (unpaired) electrons. The van der Waals surface area contributed by atoms with Crippen LogP contribution in [0.1, 0.15) is 30.0 Å². The Balaban J connectivity index is 2.64. The lowest BCUT2D eigenvalue weighted by Crippen LogP contribution is -2.13. The fourth-order valence-electron chi connectivity index (χ4n) is 1.43. The van der Waals surface area contributed by atoms with Crippen molar-refractivity contribution in [3.63, 3.8) is 0 Å². The summed E-state index contributed by atoms with van der Waals surface area (Å²) in [5.74, 6) is 0. The lowest BCUT2D eigenvalue weighted by molar-refractivity contribution is 0.675. The van der Waals surface area contributed by atoms with Gasteiger partial charge in [-0.2, -0.15) is 0 Å². The van der Waals surface area contributed by atoms with Gasteiger partial charge in [-0.15, -0.1) is 0 Å². The van der Waals surface area contributed by atoms with Crippen LogP contribution < -0.4 is 5.32 Å². The molecule has 0 bridgehead atoms. The molecule has 1 N–H and O–H groups in total. The number of hydrogen-bond donors (Lipinski definition) is 1. The summed E-state index contributed by atoms with van der Waals surface area (Å²) in [4.78, 5) is 0. The molecular weight excluding hydrogens is 170 g/mol. The van der Waals surface area contributed by atoms with E-state index in [-0.39, 0.29) is 0 Å². The van der Waals surface area contributed by atoms with Gasteiger partial charge in [0, 0.05) is 6.54 Å². The smallest absolute Gasteiger partial charge is 0.0205 e. The summed E-state index contributed by atoms with van der Waals surface area (Å²) in [5.41, 5.74) is 3.86. The highest BCUT2D eigenvalue weighted by molar-refractivity contribution is 5.52. The Morgan fingerprint density at radius 2 is 2.21 bits per heavy atom. The summed E-state index contributed by atoms with van der Waals surface area (Å²) in [6.45, 7) is 10.1. The molecule has 0 saturated carbocycles. The lowest BCUT2D eigenvalue weighted by atomic mass is 10.1. The molecule has 0 aliphatic carbocycles. The van der Waals surface area contributed by atoms with Gasteiger partial charge in [0.1, 0.15) is 0 Å². The van der Waals surface area contributed by atoms with E-state index in [1.165, 1.54) is 23.1 Å². The molecule has 14 heavy (non-hydrogen) atoms. The summed E-state index contributed by atoms with van der Waals surface area (Å²) in [5, 5.41) is 3.39. The van der Waals surface area contributed by atoms with Crippen molar-refractivity contribution in [2.75, 3.05) is 6.54 Å². The highest BCUT2D eigenvalue weighted by atomic mass is 14.8. The first-order chi connectivity index (χ1) is 6.77. The van der Waals surface area contributed by atoms with Gasteiger partial charge in [-0.3, -0.25) is 0 Å². The summed E-state index contributed by atoms with van der Waals surface area (Å²) in [6, 6.07) is 6.52. The molecule has 0 aliphatic rings. The van der Waals surface area contributed by atoms with Crippen LogP contribution in [0.15, 0.2) is 24.8 Å². The van der Waals surface area contributed by atoms with Crippen LogP contribution in [-0.2, 0) is 6.54 Å². The molecule has 0 spiro atoms. The van der Waals surface area contributed by atoms with Crippen LogP contribution in [0, 0.1) is 6.92 Å². The molecule has 1 aromatic rings. The Kier molecular flexibility index (Phi) is 4.41. The Hall–Kier alpha value is -1.08. The maximum Gasteiger partial charge on any atom is 0.0205 e. The van der Waals surface area contributed by atoms with E-state index in [4.69, 9.17) is 0 Å². The van der Waals surface area contributed by atoms with Crippen LogP contribution in [-0.4, -0.2) is 6.54 Å². The molecule has 0 atom stereocenters. The zero-order valence-corrected chi connectivity index (χ0v) is 9.14. The fraction of sp³-hybridized carbons (Fsp3) is 0.385. The highest BCUT2D eigenvalue weighted by Gasteiger charge is 1.96. The molecule has 0 aromatic heterocycles. The molecule has 1 aromatic carbocycles. The average molecular weight is 189 g/mol. The van der Waals surface area contributed by atoms with Crippen LogP contribution in [0.3, 0.4) is 0 Å². The number of hydrogen-bond acceptors (Lipinski definition) is 1. The van der Waals surface area contributed by atoms with E-state index in [0.717, 1.165) is 13.1 Å². The molecule has 76 valence electrons. The van der Waals surface area contributed by atoms with Crippen molar-refractivity contribution in [3.8, 4) is 0 Å². The number of rotatable bonds is 5. The van der Waals surface area contributed by atoms with Gasteiger partial charge < -0.3 is 5.32 Å². The molecule has 1 heteroatoms. The second-order valence-corrected chi connectivity index (χ2v) is 3.57. The Morgan fingerprint density at radius 1 is 1.43 bits per heavy atom. The van der Waals surface area contributed by atoms with E-state index in [2.05, 4.69) is 43.9 Å². The first-order valence-electron chi connectivity index (χ1n) is 5.20. The van der Waals surface area contributed by atoms with Gasteiger partial charge in [-0.25, -0.2) is 0 Å². The summed E-state index contributed by atoms with van der Waals surface area (Å²) in [7, 11) is 0. The van der Waals surface area contributed by atoms with E-state index >= 15 is 0 Å². The molecule has 0 fully saturated rings. The maximum atomic E-state index is 3.81. The SMILES string of the molecule is C=Cc1cc(CNCCC)ccc1C. The van der Waals surface area contributed by atoms with Gasteiger partial charge in [0.05, 0.1) is 0 Å². The minimum Gasteiger partial charge on any atom is -0.313 e. The van der Waals surface area contributed by atoms with E-state index in [1.807, 2.05) is 6.08 Å². The monoisotopic (exact) mass is 189 g/mol. The third-order valence-electron chi connectivity index (χ3n) is 2.32. The summed E-state index contributed by atoms with van der Waals surface area (Å²) in [6.07, 6.45) is 3.10. The van der Waals surface area contributed by atoms with Crippen LogP contribution >= 0.6 is 0 Å². The van der Waals surface area contributed by atoms with Gasteiger partial charge in [0.25, 0.3) is 0 Å². The Bertz CT molecular complexity index is 302. The van der Waals surface area contributed by atoms with Crippen LogP contribution in [0.2, 0.25) is 0 Å². The van der Waals surface area contributed by atoms with E-state index in [1.54, 1.807) is 0 Å². The Morgan fingerprint density at radius 3 is 2.86 bits per heavy atom. The number of aryl methyl sites for hydroxylation is 1. The summed E-state index contributed by atoms with van der Waals surface area (Å²) < 4.78 is 0. The molecule has 0 aliphatic heterocycles. The van der Waals surface area contributed by atoms with Crippen molar-refractivity contribution < 1.29 is 0 Å². The molecule has 1 rings (SSSR count). The largest absolute Gasteiger partial charge is 0.313 e. The molecule has 0 saturated heterocycles. The maximum absolute atomic E-state index is 3.81. The molecule has 0 unspecified atom stereocenters. The second kappa shape index (κ2) is 5.61. The van der Waals surface area contributed by atoms with Gasteiger partial charge in [0.2, 0.25) is 0 Å². The average Bonchev–Trinajstić information content (AvgIpc) is 2.21. The first kappa shape index (κ1) is 11.0. The predicted octanol–water partition coefficient (Wildman–Crippen LogP) is 3.14. The first-order valence-corrected chi connectivity index (χ1v) is 5.20. The van der Waals surface area contributed by atoms with E-state index in [9.17, 15) is 0 Å². The standard InChI is InChI=1S/C13H19N/c1-4-8-14-10-12-7-6-11(3)13(5-2)9-12/h5-7,9,14H,2,4,8,10H2,1,3H3. The van der Waals surface area contributed by atoms with Gasteiger partial charge in [-0.05, 0) is 36.6 Å². The third-order valence-corrected chi connectivity index (χ3v) is 2.32. The van der Waals surface area contributed by atoms with E-state index < -0.39 is 0 Å². The minimum absolute atomic E-state index is 0.953. The zero-order valence-electron chi connectivity index (χ0n) is 9.14. The predicted molar refractivity (Wildman–Crippen MR) is 63.3 cm³/mol. The molecule has 0 amide bonds. The van der Waals surface area contributed by atoms with Crippen molar-refractivity contribution in [2.24, 2.45) is 0 Å². The van der Waals surface area contributed by atoms with Crippen molar-refractivity contribution in [1.82, 2.24) is 5.32 Å². The number of nitrogens with one attached hydrogen (secondary N) is 1. The van der Waals surface area contributed by atoms with Crippen LogP contribution in [0.5, 0.6) is 0 Å². The van der Waals surface area contributed by atoms with Gasteiger partial charge >= 0.3 is 0 Å². The van der Waals surface area contributed by atoms with Crippen molar-refractivity contribution in [2.45, 2.75) is 26.8 Å². The van der Waals surface area contributed by atoms with Gasteiger partial charge in [-0.1, -0.05) is 37.8 Å². The van der Waals surface area contributed by atoms with Crippen LogP contribution in [0.25, 0.3) is 6.08 Å². The van der Waals surface area contributed by atoms with Crippen LogP contribution in [0.4, 0.5) is 0 Å². The minimum atomic E-state index is 0.953. The normalized spacial score (nSPS) is 10.1. The Labute approximate surface area is 86.8 Å². The lowest BCUT2D eigenvalue weighted by Gasteiger charge is -2.06. The molecular formula is C13H19N. The van der Waals surface area contributed by atoms with E-state index in [0.29, 0.717) is 0 Å². The molecule has 1 nitrogen and oxygen atoms in total.